The highest BCUT2D eigenvalue weighted by Gasteiger charge is 2.32. The number of hydrogen-bond acceptors (Lipinski definition) is 4. The van der Waals surface area contributed by atoms with E-state index in [-0.39, 0.29) is 17.8 Å². The molecule has 0 bridgehead atoms. The Labute approximate surface area is 135 Å². The van der Waals surface area contributed by atoms with Crippen LogP contribution in [0.2, 0.25) is 0 Å². The number of likely N-dealkylation sites (tertiary alicyclic amines) is 1. The van der Waals surface area contributed by atoms with Crippen LogP contribution < -0.4 is 10.6 Å². The minimum atomic E-state index is -0.438. The number of nitro groups is 1. The zero-order valence-electron chi connectivity index (χ0n) is 13.2. The highest BCUT2D eigenvalue weighted by molar-refractivity contribution is 5.90. The number of carbonyl (C=O) groups is 1. The van der Waals surface area contributed by atoms with E-state index in [1.807, 2.05) is 0 Å². The standard InChI is InChI=1S/C16H22N4O3/c1-11-14(3-2-4-15(11)20(22)23)18-16(21)17-12-7-9-19(10-8-12)13-5-6-13/h2-4,12-13H,5-10H2,1H3,(H2,17,18,21). The second-order valence-electron chi connectivity index (χ2n) is 6.35. The molecule has 7 nitrogen and oxygen atoms in total. The fourth-order valence-corrected chi connectivity index (χ4v) is 3.15. The summed E-state index contributed by atoms with van der Waals surface area (Å²) in [4.78, 5) is 25.1. The van der Waals surface area contributed by atoms with E-state index < -0.39 is 4.92 Å². The van der Waals surface area contributed by atoms with Crippen LogP contribution in [0.1, 0.15) is 31.2 Å². The lowest BCUT2D eigenvalue weighted by Crippen LogP contribution is -2.46. The lowest BCUT2D eigenvalue weighted by Gasteiger charge is -2.32. The van der Waals surface area contributed by atoms with Crippen molar-refractivity contribution in [3.8, 4) is 0 Å². The monoisotopic (exact) mass is 318 g/mol. The molecule has 1 aromatic carbocycles. The van der Waals surface area contributed by atoms with Crippen molar-refractivity contribution >= 4 is 17.4 Å². The summed E-state index contributed by atoms with van der Waals surface area (Å²) in [5, 5.41) is 16.6. The fourth-order valence-electron chi connectivity index (χ4n) is 3.15. The maximum absolute atomic E-state index is 12.1. The fraction of sp³-hybridized carbons (Fsp3) is 0.562. The molecule has 1 aliphatic heterocycles. The molecule has 1 saturated heterocycles. The summed E-state index contributed by atoms with van der Waals surface area (Å²) in [7, 11) is 0. The van der Waals surface area contributed by atoms with Crippen LogP contribution in [0.3, 0.4) is 0 Å². The normalized spacial score (nSPS) is 19.3. The van der Waals surface area contributed by atoms with E-state index in [9.17, 15) is 14.9 Å². The lowest BCUT2D eigenvalue weighted by atomic mass is 10.1. The third-order valence-corrected chi connectivity index (χ3v) is 4.68. The maximum atomic E-state index is 12.1. The topological polar surface area (TPSA) is 87.5 Å². The summed E-state index contributed by atoms with van der Waals surface area (Å²) in [6.07, 6.45) is 4.53. The molecule has 0 radical (unpaired) electrons. The van der Waals surface area contributed by atoms with Crippen LogP contribution in [0.25, 0.3) is 0 Å². The van der Waals surface area contributed by atoms with E-state index in [4.69, 9.17) is 0 Å². The van der Waals surface area contributed by atoms with Crippen molar-refractivity contribution in [1.82, 2.24) is 10.2 Å². The van der Waals surface area contributed by atoms with Gasteiger partial charge in [-0.15, -0.1) is 0 Å². The van der Waals surface area contributed by atoms with E-state index in [1.165, 1.54) is 18.9 Å². The molecule has 23 heavy (non-hydrogen) atoms. The Balaban J connectivity index is 1.53. The van der Waals surface area contributed by atoms with Crippen molar-refractivity contribution in [2.45, 2.75) is 44.7 Å². The van der Waals surface area contributed by atoms with Crippen LogP contribution in [0.5, 0.6) is 0 Å². The van der Waals surface area contributed by atoms with Crippen LogP contribution in [0, 0.1) is 17.0 Å². The van der Waals surface area contributed by atoms with E-state index in [0.717, 1.165) is 32.0 Å². The quantitative estimate of drug-likeness (QED) is 0.660. The van der Waals surface area contributed by atoms with Crippen molar-refractivity contribution in [3.05, 3.63) is 33.9 Å². The number of nitrogens with zero attached hydrogens (tertiary/aromatic N) is 2. The maximum Gasteiger partial charge on any atom is 0.319 e. The van der Waals surface area contributed by atoms with Crippen LogP contribution in [-0.4, -0.2) is 41.0 Å². The molecule has 3 rings (SSSR count). The van der Waals surface area contributed by atoms with Gasteiger partial charge in [0.05, 0.1) is 16.2 Å². The second-order valence-corrected chi connectivity index (χ2v) is 6.35. The number of urea groups is 1. The van der Waals surface area contributed by atoms with E-state index in [0.29, 0.717) is 11.3 Å². The average molecular weight is 318 g/mol. The van der Waals surface area contributed by atoms with Crippen LogP contribution >= 0.6 is 0 Å². The van der Waals surface area contributed by atoms with E-state index >= 15 is 0 Å². The third-order valence-electron chi connectivity index (χ3n) is 4.68. The van der Waals surface area contributed by atoms with Crippen LogP contribution in [-0.2, 0) is 0 Å². The van der Waals surface area contributed by atoms with Crippen molar-refractivity contribution in [2.75, 3.05) is 18.4 Å². The van der Waals surface area contributed by atoms with Crippen molar-refractivity contribution in [3.63, 3.8) is 0 Å². The molecule has 7 heteroatoms. The Kier molecular flexibility index (Phi) is 4.47. The smallest absolute Gasteiger partial charge is 0.319 e. The molecule has 0 unspecified atom stereocenters. The second kappa shape index (κ2) is 6.54. The number of benzene rings is 1. The summed E-state index contributed by atoms with van der Waals surface area (Å²) >= 11 is 0. The SMILES string of the molecule is Cc1c(NC(=O)NC2CCN(C3CC3)CC2)cccc1[N+](=O)[O-]. The Morgan fingerprint density at radius 3 is 2.57 bits per heavy atom. The Hall–Kier alpha value is -2.15. The Morgan fingerprint density at radius 1 is 1.26 bits per heavy atom. The van der Waals surface area contributed by atoms with Gasteiger partial charge in [0.2, 0.25) is 0 Å². The van der Waals surface area contributed by atoms with E-state index in [1.54, 1.807) is 19.1 Å². The molecule has 1 aromatic rings. The van der Waals surface area contributed by atoms with Gasteiger partial charge in [0.25, 0.3) is 5.69 Å². The number of hydrogen-bond donors (Lipinski definition) is 2. The minimum absolute atomic E-state index is 0.0144. The highest BCUT2D eigenvalue weighted by atomic mass is 16.6. The van der Waals surface area contributed by atoms with Gasteiger partial charge in [-0.25, -0.2) is 4.79 Å². The summed E-state index contributed by atoms with van der Waals surface area (Å²) in [6.45, 7) is 3.71. The largest absolute Gasteiger partial charge is 0.335 e. The van der Waals surface area contributed by atoms with Gasteiger partial charge in [0.1, 0.15) is 0 Å². The predicted molar refractivity (Wildman–Crippen MR) is 87.6 cm³/mol. The molecular weight excluding hydrogens is 296 g/mol. The Bertz CT molecular complexity index is 607. The first-order valence-electron chi connectivity index (χ1n) is 8.10. The molecule has 1 aliphatic carbocycles. The number of nitrogens with one attached hydrogen (secondary N) is 2. The predicted octanol–water partition coefficient (Wildman–Crippen LogP) is 2.65. The highest BCUT2D eigenvalue weighted by Crippen LogP contribution is 2.29. The van der Waals surface area contributed by atoms with Crippen molar-refractivity contribution in [1.29, 1.82) is 0 Å². The summed E-state index contributed by atoms with van der Waals surface area (Å²) in [5.41, 5.74) is 0.962. The Morgan fingerprint density at radius 2 is 1.96 bits per heavy atom. The molecule has 2 N–H and O–H groups in total. The number of anilines is 1. The van der Waals surface area contributed by atoms with Crippen molar-refractivity contribution in [2.24, 2.45) is 0 Å². The van der Waals surface area contributed by atoms with Crippen LogP contribution in [0.4, 0.5) is 16.2 Å². The molecule has 0 spiro atoms. The van der Waals surface area contributed by atoms with Gasteiger partial charge in [-0.1, -0.05) is 6.07 Å². The summed E-state index contributed by atoms with van der Waals surface area (Å²) < 4.78 is 0. The molecule has 0 aromatic heterocycles. The summed E-state index contributed by atoms with van der Waals surface area (Å²) in [6, 6.07) is 5.35. The average Bonchev–Trinajstić information content (AvgIpc) is 3.34. The molecular formula is C16H22N4O3. The van der Waals surface area contributed by atoms with Gasteiger partial charge >= 0.3 is 6.03 Å². The lowest BCUT2D eigenvalue weighted by molar-refractivity contribution is -0.385. The number of piperidine rings is 1. The number of carbonyl (C=O) groups excluding carboxylic acids is 1. The van der Waals surface area contributed by atoms with Crippen LogP contribution in [0.15, 0.2) is 18.2 Å². The number of nitro benzene ring substituents is 1. The van der Waals surface area contributed by atoms with Gasteiger partial charge in [-0.05, 0) is 38.7 Å². The molecule has 1 heterocycles. The first-order valence-corrected chi connectivity index (χ1v) is 8.10. The first-order chi connectivity index (χ1) is 11.0. The first kappa shape index (κ1) is 15.7. The zero-order chi connectivity index (χ0) is 16.4. The molecule has 2 fully saturated rings. The number of rotatable bonds is 4. The van der Waals surface area contributed by atoms with Crippen molar-refractivity contribution < 1.29 is 9.72 Å². The van der Waals surface area contributed by atoms with Gasteiger partial charge < -0.3 is 15.5 Å². The molecule has 1 saturated carbocycles. The molecule has 0 atom stereocenters. The van der Waals surface area contributed by atoms with Gasteiger partial charge in [-0.3, -0.25) is 10.1 Å². The molecule has 2 aliphatic rings. The summed E-state index contributed by atoms with van der Waals surface area (Å²) in [5.74, 6) is 0. The van der Waals surface area contributed by atoms with Gasteiger partial charge in [0, 0.05) is 31.2 Å². The molecule has 124 valence electrons. The van der Waals surface area contributed by atoms with E-state index in [2.05, 4.69) is 15.5 Å². The van der Waals surface area contributed by atoms with Gasteiger partial charge in [-0.2, -0.15) is 0 Å². The molecule has 2 amide bonds. The van der Waals surface area contributed by atoms with Gasteiger partial charge in [0.15, 0.2) is 0 Å². The third kappa shape index (κ3) is 3.79. The zero-order valence-corrected chi connectivity index (χ0v) is 13.2. The minimum Gasteiger partial charge on any atom is -0.335 e. The number of amides is 2.